The number of benzene rings is 1. The van der Waals surface area contributed by atoms with Crippen LogP contribution in [0.2, 0.25) is 5.02 Å². The number of carbonyl (C=O) groups excluding carboxylic acids is 1. The minimum Gasteiger partial charge on any atom is -0.496 e. The number of H-pyrrole nitrogens is 1. The molecule has 1 aromatic heterocycles. The molecule has 0 spiro atoms. The van der Waals surface area contributed by atoms with E-state index in [1.807, 2.05) is 0 Å². The summed E-state index contributed by atoms with van der Waals surface area (Å²) in [6, 6.07) is 6.47. The van der Waals surface area contributed by atoms with E-state index in [2.05, 4.69) is 15.5 Å². The van der Waals surface area contributed by atoms with Gasteiger partial charge in [0.25, 0.3) is 5.91 Å². The Hall–Kier alpha value is -2.01. The van der Waals surface area contributed by atoms with Gasteiger partial charge >= 0.3 is 0 Å². The minimum atomic E-state index is -0.289. The molecule has 0 saturated heterocycles. The molecule has 17 heavy (non-hydrogen) atoms. The summed E-state index contributed by atoms with van der Waals surface area (Å²) in [6.07, 6.45) is 1.55. The number of halogens is 1. The number of aromatic amines is 1. The largest absolute Gasteiger partial charge is 0.496 e. The van der Waals surface area contributed by atoms with Gasteiger partial charge in [-0.2, -0.15) is 5.10 Å². The number of methoxy groups -OCH3 is 1. The van der Waals surface area contributed by atoms with Crippen molar-refractivity contribution in [3.63, 3.8) is 0 Å². The van der Waals surface area contributed by atoms with E-state index in [1.165, 1.54) is 7.11 Å². The average Bonchev–Trinajstić information content (AvgIpc) is 2.81. The fraction of sp³-hybridized carbons (Fsp3) is 0.0909. The third-order valence-corrected chi connectivity index (χ3v) is 2.39. The summed E-state index contributed by atoms with van der Waals surface area (Å²) >= 11 is 5.82. The monoisotopic (exact) mass is 251 g/mol. The predicted molar refractivity (Wildman–Crippen MR) is 64.5 cm³/mol. The van der Waals surface area contributed by atoms with Crippen LogP contribution in [0.25, 0.3) is 0 Å². The second kappa shape index (κ2) is 4.88. The van der Waals surface area contributed by atoms with Crippen LogP contribution in [0.4, 0.5) is 5.82 Å². The Balaban J connectivity index is 2.24. The number of hydrogen-bond acceptors (Lipinski definition) is 3. The van der Waals surface area contributed by atoms with Crippen LogP contribution in [0.15, 0.2) is 30.5 Å². The Bertz CT molecular complexity index is 526. The van der Waals surface area contributed by atoms with Gasteiger partial charge in [0.2, 0.25) is 0 Å². The van der Waals surface area contributed by atoms with Gasteiger partial charge in [0.05, 0.1) is 18.9 Å². The minimum absolute atomic E-state index is 0.289. The van der Waals surface area contributed by atoms with Crippen LogP contribution < -0.4 is 10.1 Å². The van der Waals surface area contributed by atoms with E-state index in [0.717, 1.165) is 0 Å². The topological polar surface area (TPSA) is 67.0 Å². The summed E-state index contributed by atoms with van der Waals surface area (Å²) in [5, 5.41) is 9.54. The Morgan fingerprint density at radius 3 is 2.94 bits per heavy atom. The molecule has 0 radical (unpaired) electrons. The number of ether oxygens (including phenoxy) is 1. The number of amides is 1. The SMILES string of the molecule is COc1cc(Cl)ccc1C(=O)Nc1ccn[nH]1. The summed E-state index contributed by atoms with van der Waals surface area (Å²) in [5.41, 5.74) is 0.409. The van der Waals surface area contributed by atoms with E-state index in [9.17, 15) is 4.79 Å². The smallest absolute Gasteiger partial charge is 0.260 e. The lowest BCUT2D eigenvalue weighted by Crippen LogP contribution is -2.13. The number of aromatic nitrogens is 2. The van der Waals surface area contributed by atoms with Crippen molar-refractivity contribution in [3.05, 3.63) is 41.0 Å². The Morgan fingerprint density at radius 1 is 1.47 bits per heavy atom. The first kappa shape index (κ1) is 11.5. The maximum absolute atomic E-state index is 11.9. The van der Waals surface area contributed by atoms with Gasteiger partial charge in [-0.15, -0.1) is 0 Å². The molecule has 0 atom stereocenters. The molecule has 1 amide bonds. The number of carbonyl (C=O) groups is 1. The highest BCUT2D eigenvalue weighted by Crippen LogP contribution is 2.23. The standard InChI is InChI=1S/C11H10ClN3O2/c1-17-9-6-7(12)2-3-8(9)11(16)14-10-4-5-13-15-10/h2-6H,1H3,(H2,13,14,15,16). The fourth-order valence-corrected chi connectivity index (χ4v) is 1.53. The Kier molecular flexibility index (Phi) is 3.30. The molecule has 2 aromatic rings. The number of hydrogen-bond donors (Lipinski definition) is 2. The van der Waals surface area contributed by atoms with Crippen molar-refractivity contribution < 1.29 is 9.53 Å². The molecule has 0 aliphatic carbocycles. The Labute approximate surface area is 103 Å². The van der Waals surface area contributed by atoms with Crippen molar-refractivity contribution in [2.24, 2.45) is 0 Å². The molecule has 1 heterocycles. The lowest BCUT2D eigenvalue weighted by Gasteiger charge is -2.08. The summed E-state index contributed by atoms with van der Waals surface area (Å²) in [5.74, 6) is 0.657. The molecule has 0 unspecified atom stereocenters. The Morgan fingerprint density at radius 2 is 2.29 bits per heavy atom. The zero-order valence-electron chi connectivity index (χ0n) is 9.03. The maximum atomic E-state index is 11.9. The molecule has 0 fully saturated rings. The van der Waals surface area contributed by atoms with E-state index in [1.54, 1.807) is 30.5 Å². The molecule has 5 nitrogen and oxygen atoms in total. The van der Waals surface area contributed by atoms with Crippen molar-refractivity contribution in [1.82, 2.24) is 10.2 Å². The van der Waals surface area contributed by atoms with E-state index in [4.69, 9.17) is 16.3 Å². The molecule has 2 rings (SSSR count). The summed E-state index contributed by atoms with van der Waals surface area (Å²) < 4.78 is 5.10. The maximum Gasteiger partial charge on any atom is 0.260 e. The molecule has 0 saturated carbocycles. The fourth-order valence-electron chi connectivity index (χ4n) is 1.37. The van der Waals surface area contributed by atoms with E-state index >= 15 is 0 Å². The second-order valence-corrected chi connectivity index (χ2v) is 3.71. The van der Waals surface area contributed by atoms with Crippen LogP contribution >= 0.6 is 11.6 Å². The molecular weight excluding hydrogens is 242 g/mol. The van der Waals surface area contributed by atoms with Gasteiger partial charge < -0.3 is 10.1 Å². The van der Waals surface area contributed by atoms with Crippen molar-refractivity contribution >= 4 is 23.3 Å². The van der Waals surface area contributed by atoms with Crippen LogP contribution in [-0.4, -0.2) is 23.2 Å². The molecule has 2 N–H and O–H groups in total. The van der Waals surface area contributed by atoms with Gasteiger partial charge in [0, 0.05) is 11.1 Å². The lowest BCUT2D eigenvalue weighted by molar-refractivity contribution is 0.102. The number of nitrogens with zero attached hydrogens (tertiary/aromatic N) is 1. The van der Waals surface area contributed by atoms with Crippen molar-refractivity contribution in [2.75, 3.05) is 12.4 Å². The first-order chi connectivity index (χ1) is 8.20. The first-order valence-corrected chi connectivity index (χ1v) is 5.23. The third kappa shape index (κ3) is 2.57. The van der Waals surface area contributed by atoms with Gasteiger partial charge in [-0.1, -0.05) is 11.6 Å². The number of anilines is 1. The summed E-state index contributed by atoms with van der Waals surface area (Å²) in [7, 11) is 1.48. The van der Waals surface area contributed by atoms with Gasteiger partial charge in [0.1, 0.15) is 11.6 Å². The quantitative estimate of drug-likeness (QED) is 0.880. The van der Waals surface area contributed by atoms with Gasteiger partial charge in [-0.05, 0) is 18.2 Å². The summed E-state index contributed by atoms with van der Waals surface area (Å²) in [6.45, 7) is 0. The van der Waals surface area contributed by atoms with E-state index < -0.39 is 0 Å². The molecule has 6 heteroatoms. The molecule has 0 aliphatic rings. The summed E-state index contributed by atoms with van der Waals surface area (Å²) in [4.78, 5) is 11.9. The highest BCUT2D eigenvalue weighted by atomic mass is 35.5. The first-order valence-electron chi connectivity index (χ1n) is 4.85. The molecular formula is C11H10ClN3O2. The normalized spacial score (nSPS) is 10.0. The van der Waals surface area contributed by atoms with Crippen molar-refractivity contribution in [1.29, 1.82) is 0 Å². The van der Waals surface area contributed by atoms with Crippen LogP contribution in [-0.2, 0) is 0 Å². The number of rotatable bonds is 3. The lowest BCUT2D eigenvalue weighted by atomic mass is 10.2. The highest BCUT2D eigenvalue weighted by molar-refractivity contribution is 6.31. The van der Waals surface area contributed by atoms with Gasteiger partial charge in [-0.25, -0.2) is 0 Å². The third-order valence-electron chi connectivity index (χ3n) is 2.16. The van der Waals surface area contributed by atoms with Crippen molar-refractivity contribution in [2.45, 2.75) is 0 Å². The zero-order chi connectivity index (χ0) is 12.3. The van der Waals surface area contributed by atoms with Crippen LogP contribution in [0.1, 0.15) is 10.4 Å². The molecule has 0 aliphatic heterocycles. The zero-order valence-corrected chi connectivity index (χ0v) is 9.78. The number of nitrogens with one attached hydrogen (secondary N) is 2. The van der Waals surface area contributed by atoms with Gasteiger partial charge in [0.15, 0.2) is 0 Å². The van der Waals surface area contributed by atoms with E-state index in [-0.39, 0.29) is 5.91 Å². The molecule has 1 aromatic carbocycles. The van der Waals surface area contributed by atoms with Gasteiger partial charge in [-0.3, -0.25) is 9.89 Å². The van der Waals surface area contributed by atoms with E-state index in [0.29, 0.717) is 22.2 Å². The van der Waals surface area contributed by atoms with Crippen molar-refractivity contribution in [3.8, 4) is 5.75 Å². The van der Waals surface area contributed by atoms with Crippen LogP contribution in [0.3, 0.4) is 0 Å². The molecule has 88 valence electrons. The predicted octanol–water partition coefficient (Wildman–Crippen LogP) is 2.32. The second-order valence-electron chi connectivity index (χ2n) is 3.27. The van der Waals surface area contributed by atoms with Crippen LogP contribution in [0.5, 0.6) is 5.75 Å². The molecule has 0 bridgehead atoms. The average molecular weight is 252 g/mol. The highest BCUT2D eigenvalue weighted by Gasteiger charge is 2.13. The van der Waals surface area contributed by atoms with Crippen LogP contribution in [0, 0.1) is 0 Å².